The topological polar surface area (TPSA) is 100 Å². The molecule has 0 aliphatic heterocycles. The standard InChI is InChI=1S/C27H22Cl2IN3O4/c1-3-36-24-12-17(10-18(14-31)27(35)33-19-6-4-16(2)5-7-19)11-23(30)26(24)37-15-25(34)32-20-8-9-21(28)22(29)13-20/h4-13H,3,15H2,1-2H3,(H,32,34)(H,33,35)/b18-10-. The average Bonchev–Trinajstić information content (AvgIpc) is 2.85. The van der Waals surface area contributed by atoms with Crippen LogP contribution in [0.15, 0.2) is 60.2 Å². The van der Waals surface area contributed by atoms with Crippen LogP contribution in [0.1, 0.15) is 18.1 Å². The lowest BCUT2D eigenvalue weighted by Crippen LogP contribution is -2.20. The van der Waals surface area contributed by atoms with E-state index in [4.69, 9.17) is 32.7 Å². The third-order valence-corrected chi connectivity index (χ3v) is 6.41. The predicted molar refractivity (Wildman–Crippen MR) is 154 cm³/mol. The highest BCUT2D eigenvalue weighted by atomic mass is 127. The van der Waals surface area contributed by atoms with Crippen molar-refractivity contribution in [3.8, 4) is 17.6 Å². The minimum absolute atomic E-state index is 0.0755. The van der Waals surface area contributed by atoms with Crippen molar-refractivity contribution < 1.29 is 19.1 Å². The fraction of sp³-hybridized carbons (Fsp3) is 0.148. The molecule has 0 bridgehead atoms. The molecule has 0 saturated carbocycles. The summed E-state index contributed by atoms with van der Waals surface area (Å²) in [6.07, 6.45) is 1.47. The van der Waals surface area contributed by atoms with Gasteiger partial charge in [0.1, 0.15) is 11.6 Å². The van der Waals surface area contributed by atoms with Crippen LogP contribution in [-0.2, 0) is 9.59 Å². The second kappa shape index (κ2) is 13.3. The van der Waals surface area contributed by atoms with Crippen molar-refractivity contribution >= 4 is 75.1 Å². The van der Waals surface area contributed by atoms with E-state index in [1.54, 1.807) is 42.5 Å². The maximum absolute atomic E-state index is 12.6. The van der Waals surface area contributed by atoms with E-state index in [1.165, 1.54) is 6.08 Å². The van der Waals surface area contributed by atoms with Gasteiger partial charge in [-0.2, -0.15) is 5.26 Å². The average molecular weight is 650 g/mol. The van der Waals surface area contributed by atoms with E-state index < -0.39 is 11.8 Å². The quantitative estimate of drug-likeness (QED) is 0.150. The van der Waals surface area contributed by atoms with E-state index in [9.17, 15) is 14.9 Å². The number of anilines is 2. The Labute approximate surface area is 238 Å². The van der Waals surface area contributed by atoms with Crippen LogP contribution in [-0.4, -0.2) is 25.0 Å². The van der Waals surface area contributed by atoms with Crippen LogP contribution < -0.4 is 20.1 Å². The zero-order valence-electron chi connectivity index (χ0n) is 19.9. The highest BCUT2D eigenvalue weighted by Crippen LogP contribution is 2.35. The first-order chi connectivity index (χ1) is 17.7. The Balaban J connectivity index is 1.76. The Morgan fingerprint density at radius 3 is 2.35 bits per heavy atom. The molecule has 10 heteroatoms. The van der Waals surface area contributed by atoms with Crippen molar-refractivity contribution in [2.75, 3.05) is 23.8 Å². The van der Waals surface area contributed by atoms with Crippen molar-refractivity contribution in [2.45, 2.75) is 13.8 Å². The zero-order valence-corrected chi connectivity index (χ0v) is 23.6. The SMILES string of the molecule is CCOc1cc(/C=C(/C#N)C(=O)Nc2ccc(C)cc2)cc(I)c1OCC(=O)Nc1ccc(Cl)c(Cl)c1. The van der Waals surface area contributed by atoms with Gasteiger partial charge in [-0.15, -0.1) is 0 Å². The van der Waals surface area contributed by atoms with Crippen molar-refractivity contribution in [2.24, 2.45) is 0 Å². The first-order valence-corrected chi connectivity index (χ1v) is 12.9. The summed E-state index contributed by atoms with van der Waals surface area (Å²) in [5, 5.41) is 15.7. The smallest absolute Gasteiger partial charge is 0.266 e. The van der Waals surface area contributed by atoms with Gasteiger partial charge >= 0.3 is 0 Å². The molecule has 0 saturated heterocycles. The second-order valence-electron chi connectivity index (χ2n) is 7.72. The summed E-state index contributed by atoms with van der Waals surface area (Å²) < 4.78 is 12.1. The van der Waals surface area contributed by atoms with Crippen LogP contribution in [0.2, 0.25) is 10.0 Å². The molecule has 2 amide bonds. The van der Waals surface area contributed by atoms with Gasteiger partial charge in [0.05, 0.1) is 20.2 Å². The molecule has 3 aromatic carbocycles. The van der Waals surface area contributed by atoms with Crippen molar-refractivity contribution in [3.05, 3.63) is 84.9 Å². The molecular formula is C27H22Cl2IN3O4. The highest BCUT2D eigenvalue weighted by Gasteiger charge is 2.16. The molecule has 0 unspecified atom stereocenters. The van der Waals surface area contributed by atoms with Crippen LogP contribution >= 0.6 is 45.8 Å². The molecule has 0 spiro atoms. The molecule has 0 atom stereocenters. The van der Waals surface area contributed by atoms with E-state index >= 15 is 0 Å². The molecule has 0 aliphatic rings. The number of aryl methyl sites for hydroxylation is 1. The molecule has 190 valence electrons. The number of carbonyl (C=O) groups is 2. The molecule has 0 fully saturated rings. The first kappa shape index (κ1) is 28.3. The van der Waals surface area contributed by atoms with Crippen LogP contribution in [0, 0.1) is 21.8 Å². The van der Waals surface area contributed by atoms with Crippen molar-refractivity contribution in [1.82, 2.24) is 0 Å². The molecule has 37 heavy (non-hydrogen) atoms. The zero-order chi connectivity index (χ0) is 26.9. The first-order valence-electron chi connectivity index (χ1n) is 11.0. The number of hydrogen-bond acceptors (Lipinski definition) is 5. The van der Waals surface area contributed by atoms with E-state index in [1.807, 2.05) is 54.6 Å². The van der Waals surface area contributed by atoms with Gasteiger partial charge in [-0.1, -0.05) is 40.9 Å². The number of nitriles is 1. The number of amides is 2. The summed E-state index contributed by atoms with van der Waals surface area (Å²) in [5.74, 6) is -0.190. The number of hydrogen-bond donors (Lipinski definition) is 2. The largest absolute Gasteiger partial charge is 0.490 e. The maximum Gasteiger partial charge on any atom is 0.266 e. The normalized spacial score (nSPS) is 10.9. The minimum Gasteiger partial charge on any atom is -0.490 e. The van der Waals surface area contributed by atoms with Crippen molar-refractivity contribution in [3.63, 3.8) is 0 Å². The molecule has 2 N–H and O–H groups in total. The lowest BCUT2D eigenvalue weighted by atomic mass is 10.1. The van der Waals surface area contributed by atoms with E-state index in [0.29, 0.717) is 48.7 Å². The summed E-state index contributed by atoms with van der Waals surface area (Å²) in [4.78, 5) is 25.1. The van der Waals surface area contributed by atoms with E-state index in [0.717, 1.165) is 5.56 Å². The number of halogens is 3. The minimum atomic E-state index is -0.529. The van der Waals surface area contributed by atoms with Gasteiger partial charge in [0, 0.05) is 11.4 Å². The molecule has 3 aromatic rings. The molecule has 3 rings (SSSR count). The molecule has 0 aliphatic carbocycles. The van der Waals surface area contributed by atoms with E-state index in [2.05, 4.69) is 10.6 Å². The van der Waals surface area contributed by atoms with Gasteiger partial charge in [-0.05, 0) is 90.5 Å². The molecule has 0 aromatic heterocycles. The van der Waals surface area contributed by atoms with Gasteiger partial charge in [0.2, 0.25) is 0 Å². The molecular weight excluding hydrogens is 628 g/mol. The Bertz CT molecular complexity index is 1390. The fourth-order valence-electron chi connectivity index (χ4n) is 3.13. The van der Waals surface area contributed by atoms with Gasteiger partial charge in [-0.3, -0.25) is 9.59 Å². The predicted octanol–water partition coefficient (Wildman–Crippen LogP) is 6.87. The summed E-state index contributed by atoms with van der Waals surface area (Å²) >= 11 is 13.9. The molecule has 0 radical (unpaired) electrons. The van der Waals surface area contributed by atoms with Crippen molar-refractivity contribution in [1.29, 1.82) is 5.26 Å². The Morgan fingerprint density at radius 1 is 1.00 bits per heavy atom. The van der Waals surface area contributed by atoms with Gasteiger partial charge in [0.25, 0.3) is 11.8 Å². The summed E-state index contributed by atoms with van der Waals surface area (Å²) in [6.45, 7) is 3.81. The third kappa shape index (κ3) is 8.12. The maximum atomic E-state index is 12.6. The molecule has 7 nitrogen and oxygen atoms in total. The summed E-state index contributed by atoms with van der Waals surface area (Å²) in [5.41, 5.74) is 2.62. The number of rotatable bonds is 9. The number of nitrogens with zero attached hydrogens (tertiary/aromatic N) is 1. The fourth-order valence-corrected chi connectivity index (χ4v) is 4.21. The number of nitrogens with one attached hydrogen (secondary N) is 2. The van der Waals surface area contributed by atoms with Crippen LogP contribution in [0.3, 0.4) is 0 Å². The lowest BCUT2D eigenvalue weighted by Gasteiger charge is -2.15. The van der Waals surface area contributed by atoms with E-state index in [-0.39, 0.29) is 12.2 Å². The molecule has 0 heterocycles. The Morgan fingerprint density at radius 2 is 1.70 bits per heavy atom. The van der Waals surface area contributed by atoms with Gasteiger partial charge < -0.3 is 20.1 Å². The Hall–Kier alpha value is -3.26. The van der Waals surface area contributed by atoms with Crippen LogP contribution in [0.25, 0.3) is 6.08 Å². The lowest BCUT2D eigenvalue weighted by molar-refractivity contribution is -0.118. The number of carbonyl (C=O) groups excluding carboxylic acids is 2. The van der Waals surface area contributed by atoms with Crippen LogP contribution in [0.5, 0.6) is 11.5 Å². The number of benzene rings is 3. The highest BCUT2D eigenvalue weighted by molar-refractivity contribution is 14.1. The number of ether oxygens (including phenoxy) is 2. The monoisotopic (exact) mass is 649 g/mol. The van der Waals surface area contributed by atoms with Crippen LogP contribution in [0.4, 0.5) is 11.4 Å². The van der Waals surface area contributed by atoms with Gasteiger partial charge in [0.15, 0.2) is 18.1 Å². The second-order valence-corrected chi connectivity index (χ2v) is 9.70. The van der Waals surface area contributed by atoms with Gasteiger partial charge in [-0.25, -0.2) is 0 Å². The summed E-state index contributed by atoms with van der Waals surface area (Å²) in [6, 6.07) is 17.3. The summed E-state index contributed by atoms with van der Waals surface area (Å²) in [7, 11) is 0. The Kier molecular flexibility index (Phi) is 10.2. The third-order valence-electron chi connectivity index (χ3n) is 4.87.